The topological polar surface area (TPSA) is 112 Å². The van der Waals surface area contributed by atoms with E-state index in [-0.39, 0.29) is 11.8 Å². The number of carboxylic acids is 1. The van der Waals surface area contributed by atoms with Crippen LogP contribution >= 0.6 is 11.3 Å². The first-order valence-corrected chi connectivity index (χ1v) is 9.15. The number of aliphatic carboxylic acids is 1. The van der Waals surface area contributed by atoms with E-state index in [0.717, 1.165) is 17.0 Å². The fourth-order valence-corrected chi connectivity index (χ4v) is 3.49. The van der Waals surface area contributed by atoms with Gasteiger partial charge in [0.25, 0.3) is 11.8 Å². The average Bonchev–Trinajstić information content (AvgIpc) is 3.00. The van der Waals surface area contributed by atoms with Crippen LogP contribution in [0.5, 0.6) is 0 Å². The van der Waals surface area contributed by atoms with Crippen molar-refractivity contribution in [2.45, 2.75) is 19.0 Å². The highest BCUT2D eigenvalue weighted by molar-refractivity contribution is 7.13. The summed E-state index contributed by atoms with van der Waals surface area (Å²) >= 11 is 1.42. The molecule has 3 heterocycles. The van der Waals surface area contributed by atoms with Crippen molar-refractivity contribution in [3.63, 3.8) is 0 Å². The van der Waals surface area contributed by atoms with E-state index in [4.69, 9.17) is 9.90 Å². The zero-order chi connectivity index (χ0) is 21.6. The number of aromatic nitrogens is 2. The second-order valence-corrected chi connectivity index (χ2v) is 6.89. The highest BCUT2D eigenvalue weighted by Gasteiger charge is 2.38. The summed E-state index contributed by atoms with van der Waals surface area (Å²) in [7, 11) is 1.60. The number of nitrogens with zero attached hydrogens (tertiary/aromatic N) is 3. The maximum Gasteiger partial charge on any atom is 0.490 e. The van der Waals surface area contributed by atoms with Crippen molar-refractivity contribution in [1.82, 2.24) is 20.2 Å². The summed E-state index contributed by atoms with van der Waals surface area (Å²) < 4.78 is 31.7. The minimum Gasteiger partial charge on any atom is -0.475 e. The number of carbonyl (C=O) groups excluding carboxylic acids is 2. The standard InChI is InChI=1S/C15H16N4O2S.C2HF3O2/c1-16-13(20)14-18-11-4-7-19(8-5-12(11)22-14)15(21)10-3-2-6-17-9-10;3-2(4,5)1(6)7/h2-3,6,9H,4-5,7-8H2,1H3,(H,16,20);(H,6,7). The predicted octanol–water partition coefficient (Wildman–Crippen LogP) is 1.77. The number of alkyl halides is 3. The van der Waals surface area contributed by atoms with Crippen molar-refractivity contribution < 1.29 is 32.7 Å². The van der Waals surface area contributed by atoms with Gasteiger partial charge in [-0.3, -0.25) is 14.6 Å². The molecule has 0 spiro atoms. The number of halogens is 3. The molecule has 2 N–H and O–H groups in total. The fourth-order valence-electron chi connectivity index (χ4n) is 2.44. The highest BCUT2D eigenvalue weighted by Crippen LogP contribution is 2.23. The molecule has 0 saturated heterocycles. The number of hydrogen-bond acceptors (Lipinski definition) is 6. The molecule has 0 unspecified atom stereocenters. The fraction of sp³-hybridized carbons (Fsp3) is 0.353. The predicted molar refractivity (Wildman–Crippen MR) is 96.7 cm³/mol. The molecule has 8 nitrogen and oxygen atoms in total. The average molecular weight is 430 g/mol. The molecule has 2 aromatic rings. The number of fused-ring (bicyclic) bond motifs is 1. The lowest BCUT2D eigenvalue weighted by Gasteiger charge is -2.19. The lowest BCUT2D eigenvalue weighted by Crippen LogP contribution is -2.33. The Kier molecular flexibility index (Phi) is 7.26. The Bertz CT molecular complexity index is 861. The first-order valence-electron chi connectivity index (χ1n) is 8.33. The van der Waals surface area contributed by atoms with Gasteiger partial charge in [0.2, 0.25) is 0 Å². The van der Waals surface area contributed by atoms with Crippen molar-refractivity contribution in [3.8, 4) is 0 Å². The molecule has 1 aliphatic heterocycles. The molecule has 29 heavy (non-hydrogen) atoms. The van der Waals surface area contributed by atoms with Crippen LogP contribution in [0.25, 0.3) is 0 Å². The largest absolute Gasteiger partial charge is 0.490 e. The zero-order valence-corrected chi connectivity index (χ0v) is 16.0. The van der Waals surface area contributed by atoms with E-state index in [1.807, 2.05) is 4.90 Å². The molecule has 0 radical (unpaired) electrons. The molecule has 156 valence electrons. The van der Waals surface area contributed by atoms with Crippen molar-refractivity contribution in [3.05, 3.63) is 45.7 Å². The number of thiazole rings is 1. The number of hydrogen-bond donors (Lipinski definition) is 2. The first-order chi connectivity index (χ1) is 13.6. The summed E-state index contributed by atoms with van der Waals surface area (Å²) in [5, 5.41) is 10.2. The van der Waals surface area contributed by atoms with Crippen molar-refractivity contribution >= 4 is 29.1 Å². The monoisotopic (exact) mass is 430 g/mol. The molecular formula is C17H17F3N4O4S. The van der Waals surface area contributed by atoms with E-state index >= 15 is 0 Å². The van der Waals surface area contributed by atoms with Crippen LogP contribution in [0.2, 0.25) is 0 Å². The molecule has 0 aromatic carbocycles. The van der Waals surface area contributed by atoms with E-state index in [2.05, 4.69) is 15.3 Å². The molecule has 12 heteroatoms. The van der Waals surface area contributed by atoms with Gasteiger partial charge in [-0.25, -0.2) is 9.78 Å². The number of amides is 2. The van der Waals surface area contributed by atoms with E-state index in [0.29, 0.717) is 30.1 Å². The van der Waals surface area contributed by atoms with Crippen LogP contribution in [0.4, 0.5) is 13.2 Å². The minimum atomic E-state index is -5.08. The number of pyridine rings is 1. The zero-order valence-electron chi connectivity index (χ0n) is 15.2. The highest BCUT2D eigenvalue weighted by atomic mass is 32.1. The quantitative estimate of drug-likeness (QED) is 0.751. The molecule has 0 bridgehead atoms. The molecule has 2 aromatic heterocycles. The van der Waals surface area contributed by atoms with Crippen LogP contribution in [0.15, 0.2) is 24.5 Å². The molecular weight excluding hydrogens is 413 g/mol. The van der Waals surface area contributed by atoms with Crippen LogP contribution in [0.1, 0.15) is 30.7 Å². The number of nitrogens with one attached hydrogen (secondary N) is 1. The van der Waals surface area contributed by atoms with Gasteiger partial charge < -0.3 is 15.3 Å². The second-order valence-electron chi connectivity index (χ2n) is 5.80. The van der Waals surface area contributed by atoms with Gasteiger partial charge in [-0.1, -0.05) is 0 Å². The summed E-state index contributed by atoms with van der Waals surface area (Å²) in [4.78, 5) is 44.3. The summed E-state index contributed by atoms with van der Waals surface area (Å²) in [6.45, 7) is 1.24. The van der Waals surface area contributed by atoms with E-state index in [1.54, 1.807) is 31.6 Å². The summed E-state index contributed by atoms with van der Waals surface area (Å²) in [5.74, 6) is -2.91. The summed E-state index contributed by atoms with van der Waals surface area (Å²) in [5.41, 5.74) is 1.54. The summed E-state index contributed by atoms with van der Waals surface area (Å²) in [6.07, 6.45) is -0.434. The van der Waals surface area contributed by atoms with E-state index in [1.165, 1.54) is 11.3 Å². The van der Waals surface area contributed by atoms with E-state index < -0.39 is 12.1 Å². The molecule has 0 aliphatic carbocycles. The Labute approximate surface area is 167 Å². The molecule has 2 amide bonds. The van der Waals surface area contributed by atoms with Crippen molar-refractivity contribution in [2.75, 3.05) is 20.1 Å². The molecule has 0 fully saturated rings. The van der Waals surface area contributed by atoms with Gasteiger partial charge in [-0.05, 0) is 12.1 Å². The third-order valence-corrected chi connectivity index (χ3v) is 5.02. The Morgan fingerprint density at radius 2 is 1.90 bits per heavy atom. The van der Waals surface area contributed by atoms with Gasteiger partial charge in [0.15, 0.2) is 5.01 Å². The van der Waals surface area contributed by atoms with Gasteiger partial charge in [0.05, 0.1) is 11.3 Å². The van der Waals surface area contributed by atoms with Crippen LogP contribution in [0.3, 0.4) is 0 Å². The maximum absolute atomic E-state index is 12.5. The first kappa shape index (κ1) is 22.3. The Balaban J connectivity index is 0.000000370. The summed E-state index contributed by atoms with van der Waals surface area (Å²) in [6, 6.07) is 3.54. The van der Waals surface area contributed by atoms with Crippen LogP contribution in [0, 0.1) is 0 Å². The number of rotatable bonds is 2. The van der Waals surface area contributed by atoms with Gasteiger partial charge in [0, 0.05) is 50.2 Å². The van der Waals surface area contributed by atoms with Crippen LogP contribution in [-0.2, 0) is 17.6 Å². The second kappa shape index (κ2) is 9.45. The number of carboxylic acid groups (broad SMARTS) is 1. The van der Waals surface area contributed by atoms with Gasteiger partial charge >= 0.3 is 12.1 Å². The van der Waals surface area contributed by atoms with E-state index in [9.17, 15) is 22.8 Å². The molecule has 0 atom stereocenters. The van der Waals surface area contributed by atoms with Crippen LogP contribution in [-0.4, -0.2) is 64.1 Å². The van der Waals surface area contributed by atoms with Gasteiger partial charge in [-0.2, -0.15) is 13.2 Å². The minimum absolute atomic E-state index is 0.00484. The van der Waals surface area contributed by atoms with Crippen LogP contribution < -0.4 is 5.32 Å². The Hall–Kier alpha value is -3.02. The lowest BCUT2D eigenvalue weighted by molar-refractivity contribution is -0.192. The van der Waals surface area contributed by atoms with Crippen molar-refractivity contribution in [2.24, 2.45) is 0 Å². The normalized spacial score (nSPS) is 13.4. The van der Waals surface area contributed by atoms with Crippen molar-refractivity contribution in [1.29, 1.82) is 0 Å². The van der Waals surface area contributed by atoms with Gasteiger partial charge in [0.1, 0.15) is 0 Å². The molecule has 3 rings (SSSR count). The third-order valence-electron chi connectivity index (χ3n) is 3.87. The third kappa shape index (κ3) is 5.98. The Morgan fingerprint density at radius 3 is 2.45 bits per heavy atom. The Morgan fingerprint density at radius 1 is 1.24 bits per heavy atom. The molecule has 1 aliphatic rings. The lowest BCUT2D eigenvalue weighted by atomic mass is 10.2. The van der Waals surface area contributed by atoms with Gasteiger partial charge in [-0.15, -0.1) is 11.3 Å². The maximum atomic E-state index is 12.5. The smallest absolute Gasteiger partial charge is 0.475 e. The molecule has 0 saturated carbocycles. The SMILES string of the molecule is CNC(=O)c1nc2c(s1)CCN(C(=O)c1cccnc1)CC2.O=C(O)C(F)(F)F. The number of carbonyl (C=O) groups is 3.